The van der Waals surface area contributed by atoms with Crippen LogP contribution in [-0.4, -0.2) is 21.0 Å². The Kier molecular flexibility index (Phi) is 3.34. The molecule has 0 bridgehead atoms. The lowest BCUT2D eigenvalue weighted by Crippen LogP contribution is -2.07. The van der Waals surface area contributed by atoms with Gasteiger partial charge in [-0.15, -0.1) is 0 Å². The molecule has 6 heteroatoms. The lowest BCUT2D eigenvalue weighted by molar-refractivity contribution is 0.0691. The van der Waals surface area contributed by atoms with Crippen LogP contribution in [0.5, 0.6) is 0 Å². The summed E-state index contributed by atoms with van der Waals surface area (Å²) in [6.45, 7) is 0. The van der Waals surface area contributed by atoms with Crippen molar-refractivity contribution in [1.82, 2.24) is 9.97 Å². The summed E-state index contributed by atoms with van der Waals surface area (Å²) >= 11 is 3.33. The molecule has 17 heavy (non-hydrogen) atoms. The number of carboxylic acid groups (broad SMARTS) is 1. The van der Waals surface area contributed by atoms with E-state index >= 15 is 0 Å². The summed E-state index contributed by atoms with van der Waals surface area (Å²) in [7, 11) is 0. The first-order valence-corrected chi connectivity index (χ1v) is 5.53. The van der Waals surface area contributed by atoms with Crippen LogP contribution in [0.4, 0.5) is 11.5 Å². The van der Waals surface area contributed by atoms with E-state index in [0.29, 0.717) is 0 Å². The van der Waals surface area contributed by atoms with Gasteiger partial charge in [-0.1, -0.05) is 22.0 Å². The topological polar surface area (TPSA) is 75.1 Å². The predicted octanol–water partition coefficient (Wildman–Crippen LogP) is 2.68. The van der Waals surface area contributed by atoms with Gasteiger partial charge in [0.25, 0.3) is 0 Å². The molecule has 0 aliphatic heterocycles. The van der Waals surface area contributed by atoms with Crippen molar-refractivity contribution < 1.29 is 9.90 Å². The zero-order valence-electron chi connectivity index (χ0n) is 8.59. The first-order valence-electron chi connectivity index (χ1n) is 4.74. The summed E-state index contributed by atoms with van der Waals surface area (Å²) in [4.78, 5) is 18.6. The number of carboxylic acids is 1. The molecule has 86 valence electrons. The highest BCUT2D eigenvalue weighted by atomic mass is 79.9. The van der Waals surface area contributed by atoms with E-state index in [4.69, 9.17) is 5.11 Å². The maximum absolute atomic E-state index is 10.9. The summed E-state index contributed by atoms with van der Waals surface area (Å²) < 4.78 is 0.892. The van der Waals surface area contributed by atoms with E-state index in [1.807, 2.05) is 24.3 Å². The van der Waals surface area contributed by atoms with E-state index in [-0.39, 0.29) is 11.5 Å². The van der Waals surface area contributed by atoms with Crippen molar-refractivity contribution in [2.75, 3.05) is 5.32 Å². The Balaban J connectivity index is 2.33. The van der Waals surface area contributed by atoms with Gasteiger partial charge in [0.1, 0.15) is 0 Å². The van der Waals surface area contributed by atoms with Crippen LogP contribution in [0.25, 0.3) is 0 Å². The Morgan fingerprint density at radius 3 is 2.76 bits per heavy atom. The van der Waals surface area contributed by atoms with Crippen molar-refractivity contribution in [3.05, 3.63) is 46.8 Å². The smallest absolute Gasteiger partial charge is 0.358 e. The van der Waals surface area contributed by atoms with Crippen LogP contribution < -0.4 is 5.32 Å². The van der Waals surface area contributed by atoms with Crippen LogP contribution in [0.1, 0.15) is 10.5 Å². The van der Waals surface area contributed by atoms with Gasteiger partial charge in [0.2, 0.25) is 0 Å². The number of nitrogens with zero attached hydrogens (tertiary/aromatic N) is 2. The average Bonchev–Trinajstić information content (AvgIpc) is 2.29. The number of aromatic carboxylic acids is 1. The van der Waals surface area contributed by atoms with Crippen molar-refractivity contribution in [2.45, 2.75) is 0 Å². The van der Waals surface area contributed by atoms with Gasteiger partial charge < -0.3 is 10.4 Å². The van der Waals surface area contributed by atoms with Crippen LogP contribution in [-0.2, 0) is 0 Å². The molecule has 2 N–H and O–H groups in total. The Hall–Kier alpha value is -1.95. The Morgan fingerprint density at radius 2 is 2.06 bits per heavy atom. The van der Waals surface area contributed by atoms with Gasteiger partial charge in [-0.2, -0.15) is 0 Å². The van der Waals surface area contributed by atoms with E-state index in [1.165, 1.54) is 12.4 Å². The second-order valence-electron chi connectivity index (χ2n) is 3.19. The minimum atomic E-state index is -1.12. The van der Waals surface area contributed by atoms with Gasteiger partial charge in [-0.05, 0) is 18.2 Å². The van der Waals surface area contributed by atoms with E-state index in [1.54, 1.807) is 0 Å². The molecule has 0 aliphatic carbocycles. The minimum absolute atomic E-state index is 0.104. The fraction of sp³-hybridized carbons (Fsp3) is 0. The molecule has 2 rings (SSSR count). The quantitative estimate of drug-likeness (QED) is 0.910. The fourth-order valence-electron chi connectivity index (χ4n) is 1.29. The van der Waals surface area contributed by atoms with E-state index in [0.717, 1.165) is 10.2 Å². The number of aromatic nitrogens is 2. The Labute approximate surface area is 106 Å². The summed E-state index contributed by atoms with van der Waals surface area (Å²) in [6, 6.07) is 7.34. The minimum Gasteiger partial charge on any atom is -0.476 e. The van der Waals surface area contributed by atoms with Gasteiger partial charge in [-0.3, -0.25) is 0 Å². The molecule has 0 saturated carbocycles. The molecule has 0 saturated heterocycles. The van der Waals surface area contributed by atoms with Gasteiger partial charge in [0.15, 0.2) is 11.5 Å². The van der Waals surface area contributed by atoms with Gasteiger partial charge in [0, 0.05) is 22.6 Å². The highest BCUT2D eigenvalue weighted by Crippen LogP contribution is 2.20. The number of hydrogen-bond donors (Lipinski definition) is 2. The third kappa shape index (κ3) is 2.79. The zero-order valence-corrected chi connectivity index (χ0v) is 10.2. The number of benzene rings is 1. The highest BCUT2D eigenvalue weighted by molar-refractivity contribution is 9.10. The largest absolute Gasteiger partial charge is 0.476 e. The van der Waals surface area contributed by atoms with Crippen molar-refractivity contribution in [3.63, 3.8) is 0 Å². The van der Waals surface area contributed by atoms with E-state index in [2.05, 4.69) is 31.2 Å². The molecule has 0 amide bonds. The molecule has 1 aromatic heterocycles. The number of anilines is 2. The maximum Gasteiger partial charge on any atom is 0.358 e. The zero-order chi connectivity index (χ0) is 12.3. The second kappa shape index (κ2) is 4.92. The van der Waals surface area contributed by atoms with Crippen LogP contribution in [0, 0.1) is 0 Å². The molecular formula is C11H8BrN3O2. The molecule has 0 fully saturated rings. The SMILES string of the molecule is O=C(O)c1nccnc1Nc1cccc(Br)c1. The molecular weight excluding hydrogens is 286 g/mol. The normalized spacial score (nSPS) is 9.94. The molecule has 5 nitrogen and oxygen atoms in total. The van der Waals surface area contributed by atoms with Gasteiger partial charge >= 0.3 is 5.97 Å². The second-order valence-corrected chi connectivity index (χ2v) is 4.11. The monoisotopic (exact) mass is 293 g/mol. The maximum atomic E-state index is 10.9. The molecule has 1 aromatic carbocycles. The lowest BCUT2D eigenvalue weighted by atomic mass is 10.3. The van der Waals surface area contributed by atoms with Crippen molar-refractivity contribution in [1.29, 1.82) is 0 Å². The Morgan fingerprint density at radius 1 is 1.29 bits per heavy atom. The van der Waals surface area contributed by atoms with E-state index < -0.39 is 5.97 Å². The van der Waals surface area contributed by atoms with Crippen LogP contribution in [0.3, 0.4) is 0 Å². The molecule has 0 aliphatic rings. The third-order valence-electron chi connectivity index (χ3n) is 1.99. The number of hydrogen-bond acceptors (Lipinski definition) is 4. The number of nitrogens with one attached hydrogen (secondary N) is 1. The fourth-order valence-corrected chi connectivity index (χ4v) is 1.69. The summed E-state index contributed by atoms with van der Waals surface area (Å²) in [6.07, 6.45) is 2.78. The first-order chi connectivity index (χ1) is 8.16. The van der Waals surface area contributed by atoms with Gasteiger partial charge in [-0.25, -0.2) is 14.8 Å². The van der Waals surface area contributed by atoms with Crippen LogP contribution in [0.2, 0.25) is 0 Å². The standard InChI is InChI=1S/C11H8BrN3O2/c12-7-2-1-3-8(6-7)15-10-9(11(16)17)13-4-5-14-10/h1-6H,(H,14,15)(H,16,17). The average molecular weight is 294 g/mol. The Bertz CT molecular complexity index is 560. The molecule has 2 aromatic rings. The van der Waals surface area contributed by atoms with Crippen molar-refractivity contribution >= 4 is 33.4 Å². The summed E-state index contributed by atoms with van der Waals surface area (Å²) in [5, 5.41) is 11.9. The summed E-state index contributed by atoms with van der Waals surface area (Å²) in [5.41, 5.74) is 0.634. The highest BCUT2D eigenvalue weighted by Gasteiger charge is 2.12. The molecule has 0 radical (unpaired) electrons. The third-order valence-corrected chi connectivity index (χ3v) is 2.48. The molecule has 0 atom stereocenters. The number of carbonyl (C=O) groups is 1. The summed E-state index contributed by atoms with van der Waals surface area (Å²) in [5.74, 6) is -0.895. The predicted molar refractivity (Wildman–Crippen MR) is 66.4 cm³/mol. The van der Waals surface area contributed by atoms with Crippen LogP contribution in [0.15, 0.2) is 41.1 Å². The molecule has 1 heterocycles. The van der Waals surface area contributed by atoms with E-state index in [9.17, 15) is 4.79 Å². The number of rotatable bonds is 3. The lowest BCUT2D eigenvalue weighted by Gasteiger charge is -2.07. The first kappa shape index (κ1) is 11.5. The van der Waals surface area contributed by atoms with Crippen molar-refractivity contribution in [2.24, 2.45) is 0 Å². The molecule has 0 unspecified atom stereocenters. The van der Waals surface area contributed by atoms with Crippen LogP contribution >= 0.6 is 15.9 Å². The van der Waals surface area contributed by atoms with Gasteiger partial charge in [0.05, 0.1) is 0 Å². The molecule has 0 spiro atoms. The van der Waals surface area contributed by atoms with Crippen molar-refractivity contribution in [3.8, 4) is 0 Å². The number of halogens is 1.